The topological polar surface area (TPSA) is 29.5 Å². The second-order valence-electron chi connectivity index (χ2n) is 3.70. The normalized spacial score (nSPS) is 12.2. The Hall–Kier alpha value is -1.87. The van der Waals surface area contributed by atoms with Crippen LogP contribution >= 0.6 is 0 Å². The quantitative estimate of drug-likeness (QED) is 0.881. The predicted octanol–water partition coefficient (Wildman–Crippen LogP) is 2.92. The van der Waals surface area contributed by atoms with Gasteiger partial charge in [0.2, 0.25) is 0 Å². The fourth-order valence-corrected chi connectivity index (χ4v) is 1.72. The van der Waals surface area contributed by atoms with E-state index < -0.39 is 6.10 Å². The van der Waals surface area contributed by atoms with E-state index in [9.17, 15) is 9.50 Å². The van der Waals surface area contributed by atoms with Crippen LogP contribution < -0.4 is 4.74 Å². The lowest BCUT2D eigenvalue weighted by molar-refractivity contribution is 0.214. The molecule has 0 aliphatic rings. The molecular weight excluding hydrogens is 219 g/mol. The highest BCUT2D eigenvalue weighted by atomic mass is 19.1. The monoisotopic (exact) mass is 232 g/mol. The van der Waals surface area contributed by atoms with Gasteiger partial charge in [0.25, 0.3) is 0 Å². The Bertz CT molecular complexity index is 494. The van der Waals surface area contributed by atoms with Crippen molar-refractivity contribution in [1.82, 2.24) is 0 Å². The van der Waals surface area contributed by atoms with Crippen LogP contribution in [0.4, 0.5) is 4.39 Å². The highest BCUT2D eigenvalue weighted by Crippen LogP contribution is 2.29. The molecule has 0 aliphatic carbocycles. The van der Waals surface area contributed by atoms with Crippen LogP contribution in [0, 0.1) is 5.82 Å². The zero-order valence-corrected chi connectivity index (χ0v) is 9.43. The van der Waals surface area contributed by atoms with Crippen molar-refractivity contribution in [3.8, 4) is 5.75 Å². The molecule has 1 N–H and O–H groups in total. The van der Waals surface area contributed by atoms with E-state index in [4.69, 9.17) is 4.74 Å². The summed E-state index contributed by atoms with van der Waals surface area (Å²) < 4.78 is 18.0. The second kappa shape index (κ2) is 4.97. The fourth-order valence-electron chi connectivity index (χ4n) is 1.72. The minimum Gasteiger partial charge on any atom is -0.496 e. The number of hydrogen-bond acceptors (Lipinski definition) is 2. The number of ether oxygens (including phenoxy) is 1. The third-order valence-electron chi connectivity index (χ3n) is 2.62. The number of rotatable bonds is 3. The van der Waals surface area contributed by atoms with E-state index in [-0.39, 0.29) is 5.82 Å². The maximum Gasteiger partial charge on any atom is 0.125 e. The number of aliphatic hydroxyl groups is 1. The lowest BCUT2D eigenvalue weighted by Crippen LogP contribution is -2.02. The molecular formula is C14H13FO2. The molecule has 0 saturated carbocycles. The lowest BCUT2D eigenvalue weighted by Gasteiger charge is -2.14. The van der Waals surface area contributed by atoms with E-state index in [1.807, 2.05) is 12.1 Å². The summed E-state index contributed by atoms with van der Waals surface area (Å²) in [7, 11) is 1.55. The van der Waals surface area contributed by atoms with E-state index in [1.165, 1.54) is 12.1 Å². The molecule has 0 unspecified atom stereocenters. The minimum absolute atomic E-state index is 0.319. The second-order valence-corrected chi connectivity index (χ2v) is 3.70. The summed E-state index contributed by atoms with van der Waals surface area (Å²) in [6.45, 7) is 0. The van der Waals surface area contributed by atoms with Crippen molar-refractivity contribution in [2.75, 3.05) is 7.11 Å². The molecule has 0 aliphatic heterocycles. The standard InChI is InChI=1S/C14H13FO2/c1-17-13-5-3-2-4-12(13)14(16)10-6-8-11(15)9-7-10/h2-9,14,16H,1H3/t14-/m1/s1. The SMILES string of the molecule is COc1ccccc1[C@H](O)c1ccc(F)cc1. The Balaban J connectivity index is 2.36. The zero-order valence-electron chi connectivity index (χ0n) is 9.43. The number of methoxy groups -OCH3 is 1. The Labute approximate surface area is 99.3 Å². The number of benzene rings is 2. The maximum atomic E-state index is 12.8. The maximum absolute atomic E-state index is 12.8. The molecule has 0 aromatic heterocycles. The molecule has 1 atom stereocenters. The molecule has 2 rings (SSSR count). The fraction of sp³-hybridized carbons (Fsp3) is 0.143. The summed E-state index contributed by atoms with van der Waals surface area (Å²) in [4.78, 5) is 0. The van der Waals surface area contributed by atoms with Gasteiger partial charge in [0.05, 0.1) is 7.11 Å². The van der Waals surface area contributed by atoms with Gasteiger partial charge in [-0.3, -0.25) is 0 Å². The number of para-hydroxylation sites is 1. The van der Waals surface area contributed by atoms with E-state index in [2.05, 4.69) is 0 Å². The van der Waals surface area contributed by atoms with Gasteiger partial charge in [0.1, 0.15) is 17.7 Å². The van der Waals surface area contributed by atoms with E-state index in [0.717, 1.165) is 0 Å². The van der Waals surface area contributed by atoms with E-state index in [1.54, 1.807) is 31.4 Å². The van der Waals surface area contributed by atoms with Crippen LogP contribution in [0.25, 0.3) is 0 Å². The summed E-state index contributed by atoms with van der Waals surface area (Å²) in [6.07, 6.45) is -0.813. The van der Waals surface area contributed by atoms with Crippen LogP contribution in [-0.2, 0) is 0 Å². The van der Waals surface area contributed by atoms with Crippen molar-refractivity contribution in [2.45, 2.75) is 6.10 Å². The molecule has 0 fully saturated rings. The summed E-state index contributed by atoms with van der Waals surface area (Å²) >= 11 is 0. The first kappa shape index (κ1) is 11.6. The van der Waals surface area contributed by atoms with Crippen molar-refractivity contribution in [3.05, 3.63) is 65.5 Å². The van der Waals surface area contributed by atoms with Crippen LogP contribution in [0.2, 0.25) is 0 Å². The molecule has 0 spiro atoms. The van der Waals surface area contributed by atoms with Crippen molar-refractivity contribution in [2.24, 2.45) is 0 Å². The van der Waals surface area contributed by atoms with Gasteiger partial charge in [0, 0.05) is 5.56 Å². The van der Waals surface area contributed by atoms with Crippen LogP contribution in [0.3, 0.4) is 0 Å². The van der Waals surface area contributed by atoms with Gasteiger partial charge in [-0.15, -0.1) is 0 Å². The smallest absolute Gasteiger partial charge is 0.125 e. The van der Waals surface area contributed by atoms with E-state index >= 15 is 0 Å². The molecule has 0 radical (unpaired) electrons. The molecule has 0 heterocycles. The minimum atomic E-state index is -0.813. The molecule has 2 aromatic rings. The van der Waals surface area contributed by atoms with Gasteiger partial charge in [-0.05, 0) is 23.8 Å². The van der Waals surface area contributed by atoms with Gasteiger partial charge in [-0.25, -0.2) is 4.39 Å². The Morgan fingerprint density at radius 3 is 2.35 bits per heavy atom. The molecule has 88 valence electrons. The third-order valence-corrected chi connectivity index (χ3v) is 2.62. The number of aliphatic hydroxyl groups excluding tert-OH is 1. The lowest BCUT2D eigenvalue weighted by atomic mass is 10.0. The van der Waals surface area contributed by atoms with Crippen molar-refractivity contribution in [3.63, 3.8) is 0 Å². The van der Waals surface area contributed by atoms with Gasteiger partial charge < -0.3 is 9.84 Å². The molecule has 0 amide bonds. The first-order valence-corrected chi connectivity index (χ1v) is 5.29. The van der Waals surface area contributed by atoms with Crippen molar-refractivity contribution >= 4 is 0 Å². The summed E-state index contributed by atoms with van der Waals surface area (Å²) in [6, 6.07) is 13.0. The van der Waals surface area contributed by atoms with Gasteiger partial charge in [-0.2, -0.15) is 0 Å². The highest BCUT2D eigenvalue weighted by Gasteiger charge is 2.14. The molecule has 3 heteroatoms. The van der Waals surface area contributed by atoms with Gasteiger partial charge in [0.15, 0.2) is 0 Å². The molecule has 2 nitrogen and oxygen atoms in total. The van der Waals surface area contributed by atoms with Gasteiger partial charge >= 0.3 is 0 Å². The molecule has 17 heavy (non-hydrogen) atoms. The summed E-state index contributed by atoms with van der Waals surface area (Å²) in [5.74, 6) is 0.297. The van der Waals surface area contributed by atoms with Crippen LogP contribution in [-0.4, -0.2) is 12.2 Å². The highest BCUT2D eigenvalue weighted by molar-refractivity contribution is 5.40. The average molecular weight is 232 g/mol. The molecule has 0 saturated heterocycles. The van der Waals surface area contributed by atoms with Gasteiger partial charge in [-0.1, -0.05) is 30.3 Å². The largest absolute Gasteiger partial charge is 0.496 e. The molecule has 0 bridgehead atoms. The van der Waals surface area contributed by atoms with Crippen LogP contribution in [0.1, 0.15) is 17.2 Å². The van der Waals surface area contributed by atoms with Crippen LogP contribution in [0.5, 0.6) is 5.75 Å². The average Bonchev–Trinajstić information content (AvgIpc) is 2.39. The van der Waals surface area contributed by atoms with Crippen LogP contribution in [0.15, 0.2) is 48.5 Å². The van der Waals surface area contributed by atoms with Crippen molar-refractivity contribution in [1.29, 1.82) is 0 Å². The molecule has 2 aromatic carbocycles. The Morgan fingerprint density at radius 1 is 1.06 bits per heavy atom. The first-order chi connectivity index (χ1) is 8.22. The first-order valence-electron chi connectivity index (χ1n) is 5.29. The van der Waals surface area contributed by atoms with E-state index in [0.29, 0.717) is 16.9 Å². The van der Waals surface area contributed by atoms with Crippen molar-refractivity contribution < 1.29 is 14.2 Å². The summed E-state index contributed by atoms with van der Waals surface area (Å²) in [5.41, 5.74) is 1.30. The Kier molecular flexibility index (Phi) is 3.40. The predicted molar refractivity (Wildman–Crippen MR) is 63.5 cm³/mol. The number of halogens is 1. The third kappa shape index (κ3) is 2.45. The zero-order chi connectivity index (χ0) is 12.3. The Morgan fingerprint density at radius 2 is 1.71 bits per heavy atom. The summed E-state index contributed by atoms with van der Waals surface area (Å²) in [5, 5.41) is 10.2. The number of hydrogen-bond donors (Lipinski definition) is 1.